The van der Waals surface area contributed by atoms with Crippen LogP contribution in [-0.4, -0.2) is 43.1 Å². The highest BCUT2D eigenvalue weighted by Gasteiger charge is 2.07. The molecule has 1 heterocycles. The third-order valence-corrected chi connectivity index (χ3v) is 5.51. The third kappa shape index (κ3) is 12.8. The van der Waals surface area contributed by atoms with Gasteiger partial charge in [-0.3, -0.25) is 4.79 Å². The van der Waals surface area contributed by atoms with E-state index in [2.05, 4.69) is 35.8 Å². The van der Waals surface area contributed by atoms with E-state index in [0.29, 0.717) is 37.8 Å². The van der Waals surface area contributed by atoms with Gasteiger partial charge in [-0.15, -0.1) is 0 Å². The van der Waals surface area contributed by atoms with E-state index in [-0.39, 0.29) is 5.91 Å². The molecule has 1 aromatic heterocycles. The summed E-state index contributed by atoms with van der Waals surface area (Å²) >= 11 is 0. The van der Waals surface area contributed by atoms with Crippen molar-refractivity contribution in [2.45, 2.75) is 45.6 Å². The number of allylic oxidation sites excluding steroid dienone is 7. The number of unbranched alkanes of at least 4 members (excludes halogenated alkanes) is 1. The van der Waals surface area contributed by atoms with Crippen LogP contribution < -0.4 is 0 Å². The topological polar surface area (TPSA) is 64.8 Å². The van der Waals surface area contributed by atoms with Crippen molar-refractivity contribution >= 4 is 11.5 Å². The molecule has 6 heteroatoms. The van der Waals surface area contributed by atoms with E-state index >= 15 is 0 Å². The lowest BCUT2D eigenvalue weighted by molar-refractivity contribution is -0.124. The fraction of sp³-hybridized carbons (Fsp3) is 0.355. The van der Waals surface area contributed by atoms with E-state index in [4.69, 9.17) is 13.9 Å². The molecular formula is C31H40N2O4. The highest BCUT2D eigenvalue weighted by molar-refractivity contribution is 5.87. The first kappa shape index (κ1) is 29.6. The van der Waals surface area contributed by atoms with Crippen molar-refractivity contribution in [1.29, 1.82) is 0 Å². The van der Waals surface area contributed by atoms with Crippen molar-refractivity contribution in [2.75, 3.05) is 27.3 Å². The summed E-state index contributed by atoms with van der Waals surface area (Å²) in [7, 11) is 3.32. The van der Waals surface area contributed by atoms with E-state index in [1.165, 1.54) is 11.6 Å². The number of hydrogen-bond acceptors (Lipinski definition) is 5. The lowest BCUT2D eigenvalue weighted by Crippen LogP contribution is -2.25. The minimum Gasteiger partial charge on any atom is -0.501 e. The van der Waals surface area contributed by atoms with Crippen LogP contribution in [0, 0.1) is 0 Å². The Morgan fingerprint density at radius 2 is 1.86 bits per heavy atom. The molecule has 37 heavy (non-hydrogen) atoms. The van der Waals surface area contributed by atoms with Crippen LogP contribution >= 0.6 is 0 Å². The summed E-state index contributed by atoms with van der Waals surface area (Å²) in [5.41, 5.74) is 2.96. The van der Waals surface area contributed by atoms with Gasteiger partial charge in [0.2, 0.25) is 11.8 Å². The van der Waals surface area contributed by atoms with E-state index in [1.807, 2.05) is 42.5 Å². The Kier molecular flexibility index (Phi) is 14.2. The van der Waals surface area contributed by atoms with Crippen LogP contribution in [0.1, 0.15) is 49.8 Å². The largest absolute Gasteiger partial charge is 0.501 e. The lowest BCUT2D eigenvalue weighted by atomic mass is 10.2. The molecular weight excluding hydrogens is 464 g/mol. The van der Waals surface area contributed by atoms with Gasteiger partial charge < -0.3 is 18.8 Å². The molecule has 0 aliphatic carbocycles. The number of aromatic nitrogens is 1. The van der Waals surface area contributed by atoms with Gasteiger partial charge in [0.1, 0.15) is 6.26 Å². The zero-order chi connectivity index (χ0) is 26.7. The predicted octanol–water partition coefficient (Wildman–Crippen LogP) is 6.68. The molecule has 0 radical (unpaired) electrons. The molecule has 2 aromatic rings. The molecule has 198 valence electrons. The van der Waals surface area contributed by atoms with Crippen LogP contribution in [-0.2, 0) is 27.3 Å². The number of hydrogen-bond donors (Lipinski definition) is 0. The van der Waals surface area contributed by atoms with Crippen molar-refractivity contribution < 1.29 is 18.7 Å². The number of carbonyl (C=O) groups excluding carboxylic acids is 1. The Labute approximate surface area is 221 Å². The molecule has 0 saturated carbocycles. The van der Waals surface area contributed by atoms with Crippen molar-refractivity contribution in [3.8, 4) is 0 Å². The first-order valence-electron chi connectivity index (χ1n) is 12.7. The van der Waals surface area contributed by atoms with E-state index < -0.39 is 0 Å². The highest BCUT2D eigenvalue weighted by atomic mass is 16.5. The molecule has 0 spiro atoms. The summed E-state index contributed by atoms with van der Waals surface area (Å²) in [6.07, 6.45) is 19.7. The normalized spacial score (nSPS) is 12.1. The Bertz CT molecular complexity index is 1060. The van der Waals surface area contributed by atoms with E-state index in [9.17, 15) is 4.79 Å². The molecule has 0 aliphatic heterocycles. The zero-order valence-electron chi connectivity index (χ0n) is 22.4. The first-order chi connectivity index (χ1) is 18.0. The van der Waals surface area contributed by atoms with Crippen molar-refractivity contribution in [1.82, 2.24) is 9.88 Å². The fourth-order valence-corrected chi connectivity index (χ4v) is 3.23. The molecule has 0 atom stereocenters. The van der Waals surface area contributed by atoms with Gasteiger partial charge in [0.05, 0.1) is 25.2 Å². The van der Waals surface area contributed by atoms with Gasteiger partial charge in [-0.2, -0.15) is 0 Å². The van der Waals surface area contributed by atoms with E-state index in [1.54, 1.807) is 32.2 Å². The number of methoxy groups -OCH3 is 1. The standard InChI is InChI=1S/C31H40N2O4/c1-26(31-32-29(25-37-31)20-16-22-36-24-28-18-13-11-14-19-28)17-12-9-7-5-6-8-10-15-21-33(3)30(34)23-27(2)35-4/h5,7,9-15,18-19,23,25H,1,6,8,16-17,20-22,24H2,2-4H3/b7-5-,12-9-,15-10+,27-23+. The van der Waals surface area contributed by atoms with Crippen LogP contribution in [0.5, 0.6) is 0 Å². The second-order valence-electron chi connectivity index (χ2n) is 8.68. The van der Waals surface area contributed by atoms with Gasteiger partial charge in [-0.1, -0.05) is 73.4 Å². The van der Waals surface area contributed by atoms with Crippen LogP contribution in [0.4, 0.5) is 0 Å². The smallest absolute Gasteiger partial charge is 0.249 e. The van der Waals surface area contributed by atoms with Gasteiger partial charge in [-0.05, 0) is 44.6 Å². The average molecular weight is 505 g/mol. The van der Waals surface area contributed by atoms with Crippen molar-refractivity contribution in [2.24, 2.45) is 0 Å². The van der Waals surface area contributed by atoms with Gasteiger partial charge >= 0.3 is 0 Å². The number of ether oxygens (including phenoxy) is 2. The first-order valence-corrected chi connectivity index (χ1v) is 12.7. The molecule has 6 nitrogen and oxygen atoms in total. The average Bonchev–Trinajstić information content (AvgIpc) is 3.38. The summed E-state index contributed by atoms with van der Waals surface area (Å²) < 4.78 is 16.3. The number of likely N-dealkylation sites (N-methyl/N-ethyl adjacent to an activating group) is 1. The monoisotopic (exact) mass is 504 g/mol. The molecule has 0 bridgehead atoms. The maximum Gasteiger partial charge on any atom is 0.249 e. The molecule has 0 unspecified atom stereocenters. The third-order valence-electron chi connectivity index (χ3n) is 5.51. The summed E-state index contributed by atoms with van der Waals surface area (Å²) in [6, 6.07) is 10.2. The second kappa shape index (κ2) is 17.7. The predicted molar refractivity (Wildman–Crippen MR) is 150 cm³/mol. The van der Waals surface area contributed by atoms with Gasteiger partial charge in [0.25, 0.3) is 0 Å². The molecule has 0 fully saturated rings. The van der Waals surface area contributed by atoms with Gasteiger partial charge in [0, 0.05) is 31.8 Å². The number of amides is 1. The van der Waals surface area contributed by atoms with Crippen molar-refractivity contribution in [3.05, 3.63) is 109 Å². The maximum absolute atomic E-state index is 11.9. The summed E-state index contributed by atoms with van der Waals surface area (Å²) in [5, 5.41) is 0. The van der Waals surface area contributed by atoms with Crippen LogP contribution in [0.2, 0.25) is 0 Å². The van der Waals surface area contributed by atoms with Crippen molar-refractivity contribution in [3.63, 3.8) is 0 Å². The number of oxazole rings is 1. The number of carbonyl (C=O) groups is 1. The molecule has 0 saturated heterocycles. The summed E-state index contributed by atoms with van der Waals surface area (Å²) in [5.74, 6) is 1.13. The summed E-state index contributed by atoms with van der Waals surface area (Å²) in [6.45, 7) is 7.74. The Balaban J connectivity index is 1.56. The highest BCUT2D eigenvalue weighted by Crippen LogP contribution is 2.17. The van der Waals surface area contributed by atoms with Gasteiger partial charge in [0.15, 0.2) is 0 Å². The molecule has 1 aromatic carbocycles. The SMILES string of the molecule is C=C(C/C=C\C=C/CC/C=C/CN(C)C(=O)/C=C(\C)OC)c1nc(CCCOCc2ccccc2)co1. The van der Waals surface area contributed by atoms with Crippen LogP contribution in [0.3, 0.4) is 0 Å². The van der Waals surface area contributed by atoms with Crippen LogP contribution in [0.15, 0.2) is 95.9 Å². The quantitative estimate of drug-likeness (QED) is 0.0790. The Morgan fingerprint density at radius 1 is 1.11 bits per heavy atom. The Hall–Kier alpha value is -3.64. The second-order valence-corrected chi connectivity index (χ2v) is 8.68. The molecule has 0 aliphatic rings. The fourth-order valence-electron chi connectivity index (χ4n) is 3.23. The molecule has 2 rings (SSSR count). The number of aryl methyl sites for hydroxylation is 1. The van der Waals surface area contributed by atoms with Crippen LogP contribution in [0.25, 0.3) is 5.57 Å². The van der Waals surface area contributed by atoms with E-state index in [0.717, 1.165) is 37.0 Å². The molecule has 0 N–H and O–H groups in total. The number of benzene rings is 1. The number of rotatable bonds is 17. The minimum absolute atomic E-state index is 0.0688. The minimum atomic E-state index is -0.0688. The summed E-state index contributed by atoms with van der Waals surface area (Å²) in [4.78, 5) is 18.1. The number of nitrogens with zero attached hydrogens (tertiary/aromatic N) is 2. The van der Waals surface area contributed by atoms with Gasteiger partial charge in [-0.25, -0.2) is 4.98 Å². The maximum atomic E-state index is 11.9. The zero-order valence-corrected chi connectivity index (χ0v) is 22.4. The Morgan fingerprint density at radius 3 is 2.65 bits per heavy atom. The lowest BCUT2D eigenvalue weighted by Gasteiger charge is -2.12. The molecule has 1 amide bonds.